The van der Waals surface area contributed by atoms with Gasteiger partial charge in [0.15, 0.2) is 5.82 Å². The summed E-state index contributed by atoms with van der Waals surface area (Å²) in [4.78, 5) is 63.4. The number of aliphatic hydroxyl groups is 1. The summed E-state index contributed by atoms with van der Waals surface area (Å²) >= 11 is 9.59. The van der Waals surface area contributed by atoms with Crippen LogP contribution in [0.5, 0.6) is 5.75 Å². The molecule has 2 aliphatic rings. The van der Waals surface area contributed by atoms with E-state index in [4.69, 9.17) is 26.1 Å². The molecule has 1 unspecified atom stereocenters. The zero-order valence-corrected chi connectivity index (χ0v) is 43.3. The first-order valence-electron chi connectivity index (χ1n) is 23.6. The second-order valence-electron chi connectivity index (χ2n) is 19.0. The van der Waals surface area contributed by atoms with Crippen molar-refractivity contribution in [1.82, 2.24) is 30.3 Å². The summed E-state index contributed by atoms with van der Waals surface area (Å²) in [6.45, 7) is 14.0. The highest BCUT2D eigenvalue weighted by Gasteiger charge is 2.44. The number of carbonyl (C=O) groups excluding carboxylic acids is 4. The van der Waals surface area contributed by atoms with Crippen LogP contribution in [-0.2, 0) is 30.5 Å². The van der Waals surface area contributed by atoms with Crippen LogP contribution in [0.3, 0.4) is 0 Å². The number of anilines is 1. The zero-order valence-electron chi connectivity index (χ0n) is 40.9. The number of β-amino-alcohol motifs (C(OH)–C–C–N with tert-alkyl or cyclic N) is 1. The number of hydrogen-bond acceptors (Lipinski definition) is 12. The van der Waals surface area contributed by atoms with E-state index in [0.29, 0.717) is 34.5 Å². The minimum absolute atomic E-state index is 0.00870. The molecule has 4 atom stereocenters. The maximum absolute atomic E-state index is 14.1. The predicted molar refractivity (Wildman–Crippen MR) is 278 cm³/mol. The van der Waals surface area contributed by atoms with Crippen molar-refractivity contribution in [3.63, 3.8) is 0 Å². The van der Waals surface area contributed by atoms with Gasteiger partial charge in [0.2, 0.25) is 23.6 Å². The summed E-state index contributed by atoms with van der Waals surface area (Å²) < 4.78 is 13.7. The summed E-state index contributed by atoms with van der Waals surface area (Å²) in [5.41, 5.74) is 6.78. The Bertz CT molecular complexity index is 2940. The van der Waals surface area contributed by atoms with Gasteiger partial charge in [-0.1, -0.05) is 74.8 Å². The molecule has 18 heteroatoms. The second kappa shape index (κ2) is 22.0. The van der Waals surface area contributed by atoms with Crippen LogP contribution in [0.25, 0.3) is 15.4 Å². The third-order valence-electron chi connectivity index (χ3n) is 12.6. The van der Waals surface area contributed by atoms with Gasteiger partial charge >= 0.3 is 0 Å². The van der Waals surface area contributed by atoms with E-state index >= 15 is 0 Å². The van der Waals surface area contributed by atoms with Gasteiger partial charge in [-0.3, -0.25) is 28.7 Å². The smallest absolute Gasteiger partial charge is 0.246 e. The molecule has 4 N–H and O–H groups in total. The number of aliphatic hydroxyl groups excluding tert-OH is 1. The quantitative estimate of drug-likeness (QED) is 0.0650. The Morgan fingerprint density at radius 1 is 0.930 bits per heavy atom. The Morgan fingerprint density at radius 2 is 1.68 bits per heavy atom. The summed E-state index contributed by atoms with van der Waals surface area (Å²) in [6, 6.07) is 22.2. The summed E-state index contributed by atoms with van der Waals surface area (Å²) in [5.74, 6) is 0.247. The highest BCUT2D eigenvalue weighted by atomic mass is 35.5. The molecule has 0 bridgehead atoms. The largest absolute Gasteiger partial charge is 0.493 e. The molecule has 5 heterocycles. The van der Waals surface area contributed by atoms with E-state index < -0.39 is 41.5 Å². The van der Waals surface area contributed by atoms with Crippen LogP contribution < -0.4 is 20.7 Å². The van der Waals surface area contributed by atoms with Crippen molar-refractivity contribution in [2.24, 2.45) is 10.4 Å². The fraction of sp³-hybridized carbons (Fsp3) is 0.377. The average molecular weight is 1020 g/mol. The summed E-state index contributed by atoms with van der Waals surface area (Å²) in [5, 5.41) is 31.9. The van der Waals surface area contributed by atoms with Gasteiger partial charge in [-0.25, -0.2) is 0 Å². The molecule has 3 aromatic carbocycles. The van der Waals surface area contributed by atoms with Gasteiger partial charge in [-0.15, -0.1) is 32.9 Å². The minimum atomic E-state index is -0.984. The van der Waals surface area contributed by atoms with Crippen LogP contribution in [0.15, 0.2) is 89.2 Å². The molecule has 0 spiro atoms. The standard InChI is InChI=1S/C53H59ClN8O7S2/c1-30-20-23-70-47(30)36-14-12-34(13-15-36)27-55-50(66)42-25-39(63)28-61(42)51(67)48(53(5,6)7)58-44(65)29-68-21-9-22-69-40-11-8-10-38(24-40)56-43(64)26-41-49-60-59-33(4)62(49)52-45(31(2)32(3)71-52)46(57-41)35-16-18-37(54)19-17-35/h8,10-20,23-24,39,41-42,48,63H,9,21-22,25-29H2,1-7H3,(H,55,66)(H,56,64)(H,58,65)/t39-,41?,42+,48-/m1/s1. The number of nitrogens with one attached hydrogen (secondary N) is 3. The van der Waals surface area contributed by atoms with Gasteiger partial charge in [0.05, 0.1) is 31.5 Å². The fourth-order valence-electron chi connectivity index (χ4n) is 8.77. The first-order valence-corrected chi connectivity index (χ1v) is 25.7. The van der Waals surface area contributed by atoms with Crippen LogP contribution in [0.4, 0.5) is 5.69 Å². The number of halogens is 1. The van der Waals surface area contributed by atoms with E-state index in [0.717, 1.165) is 43.4 Å². The number of ether oxygens (including phenoxy) is 2. The van der Waals surface area contributed by atoms with Crippen LogP contribution in [0, 0.1) is 33.1 Å². The lowest BCUT2D eigenvalue weighted by atomic mass is 9.85. The number of hydrogen-bond donors (Lipinski definition) is 4. The molecule has 372 valence electrons. The van der Waals surface area contributed by atoms with Crippen molar-refractivity contribution >= 4 is 69.3 Å². The number of amides is 4. The third kappa shape index (κ3) is 11.9. The van der Waals surface area contributed by atoms with Crippen molar-refractivity contribution in [3.8, 4) is 21.2 Å². The number of carbonyl (C=O) groups is 4. The van der Waals surface area contributed by atoms with Crippen LogP contribution >= 0.6 is 34.3 Å². The van der Waals surface area contributed by atoms with E-state index in [9.17, 15) is 24.3 Å². The maximum Gasteiger partial charge on any atom is 0.246 e. The molecular formula is C53H59ClN8O7S2. The summed E-state index contributed by atoms with van der Waals surface area (Å²) in [7, 11) is 0. The van der Waals surface area contributed by atoms with E-state index in [1.807, 2.05) is 80.8 Å². The van der Waals surface area contributed by atoms with Gasteiger partial charge in [-0.05, 0) is 91.1 Å². The molecule has 3 aromatic heterocycles. The Hall–Kier alpha value is -6.24. The number of aliphatic imine (C=N–C) groups is 1. The number of likely N-dealkylation sites (tertiary alicyclic amines) is 1. The zero-order chi connectivity index (χ0) is 50.6. The van der Waals surface area contributed by atoms with Crippen molar-refractivity contribution in [2.75, 3.05) is 31.7 Å². The minimum Gasteiger partial charge on any atom is -0.493 e. The Kier molecular flexibility index (Phi) is 15.9. The lowest BCUT2D eigenvalue weighted by Crippen LogP contribution is -2.58. The Morgan fingerprint density at radius 3 is 2.39 bits per heavy atom. The topological polar surface area (TPSA) is 189 Å². The van der Waals surface area contributed by atoms with Crippen LogP contribution in [-0.4, -0.2) is 98.7 Å². The molecule has 4 amide bonds. The van der Waals surface area contributed by atoms with Gasteiger partial charge in [0.25, 0.3) is 0 Å². The number of fused-ring (bicyclic) bond motifs is 3. The normalized spacial score (nSPS) is 16.9. The number of aromatic nitrogens is 3. The predicted octanol–water partition coefficient (Wildman–Crippen LogP) is 8.46. The molecule has 1 saturated heterocycles. The molecule has 1 fully saturated rings. The molecule has 71 heavy (non-hydrogen) atoms. The molecule has 6 aromatic rings. The number of aryl methyl sites for hydroxylation is 3. The molecule has 0 radical (unpaired) electrons. The van der Waals surface area contributed by atoms with E-state index in [-0.39, 0.29) is 57.6 Å². The lowest BCUT2D eigenvalue weighted by molar-refractivity contribution is -0.144. The van der Waals surface area contributed by atoms with E-state index in [1.165, 1.54) is 15.3 Å². The van der Waals surface area contributed by atoms with Gasteiger partial charge in [-0.2, -0.15) is 0 Å². The Balaban J connectivity index is 0.805. The average Bonchev–Trinajstić information content (AvgIpc) is 4.10. The van der Waals surface area contributed by atoms with Crippen molar-refractivity contribution in [3.05, 3.63) is 134 Å². The van der Waals surface area contributed by atoms with Gasteiger partial charge < -0.3 is 35.4 Å². The highest BCUT2D eigenvalue weighted by Crippen LogP contribution is 2.40. The lowest BCUT2D eigenvalue weighted by Gasteiger charge is -2.35. The first-order chi connectivity index (χ1) is 33.9. The maximum atomic E-state index is 14.1. The Labute approximate surface area is 426 Å². The number of thiophene rings is 2. The monoisotopic (exact) mass is 1020 g/mol. The van der Waals surface area contributed by atoms with Crippen molar-refractivity contribution in [2.45, 2.75) is 98.5 Å². The molecule has 15 nitrogen and oxygen atoms in total. The van der Waals surface area contributed by atoms with E-state index in [2.05, 4.69) is 58.4 Å². The van der Waals surface area contributed by atoms with Crippen LogP contribution in [0.2, 0.25) is 5.02 Å². The van der Waals surface area contributed by atoms with E-state index in [1.54, 1.807) is 46.9 Å². The van der Waals surface area contributed by atoms with Crippen LogP contribution in [0.1, 0.15) is 90.4 Å². The molecule has 0 aliphatic carbocycles. The molecular weight excluding hydrogens is 960 g/mol. The molecule has 8 rings (SSSR count). The first kappa shape index (κ1) is 51.1. The second-order valence-corrected chi connectivity index (χ2v) is 21.6. The van der Waals surface area contributed by atoms with Crippen molar-refractivity contribution in [1.29, 1.82) is 0 Å². The highest BCUT2D eigenvalue weighted by molar-refractivity contribution is 7.15. The SMILES string of the molecule is Cc1ccsc1-c1ccc(CNC(=O)[C@@H]2C[C@@H](O)CN2C(=O)[C@@H](NC(=O)COCCCOc2cccc(NC(=O)CC3N=C(c4ccc(Cl)cc4)c4c(sc(C)c4C)-n4c(C)nnc43)c2)C(C)(C)C)cc1. The van der Waals surface area contributed by atoms with Crippen molar-refractivity contribution < 1.29 is 33.8 Å². The molecule has 2 aliphatic heterocycles. The van der Waals surface area contributed by atoms with Gasteiger partial charge in [0.1, 0.15) is 41.3 Å². The number of benzene rings is 3. The number of nitrogens with zero attached hydrogens (tertiary/aromatic N) is 5. The summed E-state index contributed by atoms with van der Waals surface area (Å²) in [6.07, 6.45) is -0.331. The number of rotatable bonds is 17. The third-order valence-corrected chi connectivity index (χ3v) is 15.1. The van der Waals surface area contributed by atoms with Gasteiger partial charge in [0, 0.05) is 63.6 Å². The fourth-order valence-corrected chi connectivity index (χ4v) is 11.0. The molecule has 0 saturated carbocycles.